The molecule has 118 valence electrons. The van der Waals surface area contributed by atoms with Crippen LogP contribution in [0.4, 0.5) is 0 Å². The minimum Gasteiger partial charge on any atom is -0.497 e. The fourth-order valence-electron chi connectivity index (χ4n) is 3.14. The molecule has 23 heavy (non-hydrogen) atoms. The molecule has 0 unspecified atom stereocenters. The fourth-order valence-corrected chi connectivity index (χ4v) is 3.14. The Bertz CT molecular complexity index is 758. The molecular formula is C18H19N3O2. The van der Waals surface area contributed by atoms with Gasteiger partial charge in [0.2, 0.25) is 0 Å². The molecule has 1 atom stereocenters. The molecule has 0 fully saturated rings. The van der Waals surface area contributed by atoms with Crippen LogP contribution in [0.15, 0.2) is 30.5 Å². The van der Waals surface area contributed by atoms with Gasteiger partial charge in [0.25, 0.3) is 5.91 Å². The van der Waals surface area contributed by atoms with Crippen LogP contribution in [0, 0.1) is 11.3 Å². The van der Waals surface area contributed by atoms with Gasteiger partial charge < -0.3 is 15.0 Å². The molecule has 0 aliphatic heterocycles. The number of hydrogen-bond donors (Lipinski definition) is 2. The lowest BCUT2D eigenvalue weighted by atomic mass is 9.82. The molecule has 5 heteroatoms. The molecule has 2 N–H and O–H groups in total. The highest BCUT2D eigenvalue weighted by atomic mass is 16.5. The van der Waals surface area contributed by atoms with Gasteiger partial charge in [-0.2, -0.15) is 5.26 Å². The second-order valence-electron chi connectivity index (χ2n) is 5.78. The molecule has 0 radical (unpaired) electrons. The first-order valence-electron chi connectivity index (χ1n) is 7.75. The van der Waals surface area contributed by atoms with Crippen molar-refractivity contribution in [3.05, 3.63) is 52.8 Å². The van der Waals surface area contributed by atoms with Crippen molar-refractivity contribution >= 4 is 5.91 Å². The number of nitrogens with zero attached hydrogens (tertiary/aromatic N) is 1. The average Bonchev–Trinajstić information content (AvgIpc) is 3.08. The molecule has 5 nitrogen and oxygen atoms in total. The lowest BCUT2D eigenvalue weighted by Gasteiger charge is -2.26. The Morgan fingerprint density at radius 2 is 2.35 bits per heavy atom. The molecule has 1 aromatic carbocycles. The van der Waals surface area contributed by atoms with Gasteiger partial charge in [-0.15, -0.1) is 0 Å². The van der Waals surface area contributed by atoms with E-state index >= 15 is 0 Å². The number of carbonyl (C=O) groups is 1. The molecule has 1 amide bonds. The van der Waals surface area contributed by atoms with E-state index in [9.17, 15) is 4.79 Å². The van der Waals surface area contributed by atoms with Crippen LogP contribution in [0.2, 0.25) is 0 Å². The highest BCUT2D eigenvalue weighted by Crippen LogP contribution is 2.33. The Morgan fingerprint density at radius 1 is 1.48 bits per heavy atom. The summed E-state index contributed by atoms with van der Waals surface area (Å²) < 4.78 is 5.28. The Morgan fingerprint density at radius 3 is 3.09 bits per heavy atom. The molecule has 1 aliphatic rings. The van der Waals surface area contributed by atoms with Crippen LogP contribution in [-0.2, 0) is 6.42 Å². The quantitative estimate of drug-likeness (QED) is 0.911. The zero-order valence-corrected chi connectivity index (χ0v) is 13.1. The normalized spacial score (nSPS) is 16.3. The van der Waals surface area contributed by atoms with E-state index in [1.165, 1.54) is 11.1 Å². The van der Waals surface area contributed by atoms with Crippen molar-refractivity contribution in [2.75, 3.05) is 13.7 Å². The summed E-state index contributed by atoms with van der Waals surface area (Å²) >= 11 is 0. The van der Waals surface area contributed by atoms with E-state index in [1.54, 1.807) is 19.4 Å². The number of fused-ring (bicyclic) bond motifs is 1. The van der Waals surface area contributed by atoms with Gasteiger partial charge in [0.05, 0.1) is 12.7 Å². The average molecular weight is 309 g/mol. The second-order valence-corrected chi connectivity index (χ2v) is 5.78. The van der Waals surface area contributed by atoms with Gasteiger partial charge in [0.1, 0.15) is 17.5 Å². The third kappa shape index (κ3) is 3.21. The third-order valence-electron chi connectivity index (χ3n) is 4.36. The summed E-state index contributed by atoms with van der Waals surface area (Å²) in [6.07, 6.45) is 4.80. The molecule has 3 rings (SSSR count). The van der Waals surface area contributed by atoms with Gasteiger partial charge in [-0.05, 0) is 48.6 Å². The number of nitrogens with one attached hydrogen (secondary N) is 2. The van der Waals surface area contributed by atoms with Gasteiger partial charge in [-0.1, -0.05) is 6.07 Å². The van der Waals surface area contributed by atoms with Crippen LogP contribution in [0.5, 0.6) is 5.75 Å². The number of aryl methyl sites for hydroxylation is 1. The summed E-state index contributed by atoms with van der Waals surface area (Å²) in [6.45, 7) is 0.602. The smallest absolute Gasteiger partial charge is 0.252 e. The highest BCUT2D eigenvalue weighted by Gasteiger charge is 2.21. The van der Waals surface area contributed by atoms with Gasteiger partial charge in [-0.3, -0.25) is 4.79 Å². The maximum absolute atomic E-state index is 12.2. The molecule has 0 saturated carbocycles. The first kappa shape index (κ1) is 15.2. The number of methoxy groups -OCH3 is 1. The van der Waals surface area contributed by atoms with E-state index in [4.69, 9.17) is 10.00 Å². The topological polar surface area (TPSA) is 77.9 Å². The molecule has 2 aromatic rings. The number of carbonyl (C=O) groups excluding carboxylic acids is 1. The molecule has 0 spiro atoms. The van der Waals surface area contributed by atoms with Gasteiger partial charge >= 0.3 is 0 Å². The highest BCUT2D eigenvalue weighted by molar-refractivity contribution is 5.94. The number of nitriles is 1. The predicted molar refractivity (Wildman–Crippen MR) is 86.5 cm³/mol. The van der Waals surface area contributed by atoms with E-state index < -0.39 is 0 Å². The van der Waals surface area contributed by atoms with Crippen molar-refractivity contribution in [2.24, 2.45) is 0 Å². The number of ether oxygens (including phenoxy) is 1. The van der Waals surface area contributed by atoms with E-state index in [2.05, 4.69) is 22.4 Å². The second kappa shape index (κ2) is 6.57. The summed E-state index contributed by atoms with van der Waals surface area (Å²) in [4.78, 5) is 14.9. The van der Waals surface area contributed by atoms with Crippen LogP contribution in [-0.4, -0.2) is 24.5 Å². The van der Waals surface area contributed by atoms with Crippen molar-refractivity contribution in [1.82, 2.24) is 10.3 Å². The SMILES string of the molecule is COc1ccc2c(c1)CCC[C@@H]2CNC(=O)c1c[nH]c(C#N)c1. The number of benzene rings is 1. The van der Waals surface area contributed by atoms with Crippen LogP contribution in [0.3, 0.4) is 0 Å². The van der Waals surface area contributed by atoms with E-state index in [1.807, 2.05) is 12.1 Å². The first-order valence-corrected chi connectivity index (χ1v) is 7.75. The summed E-state index contributed by atoms with van der Waals surface area (Å²) in [5.41, 5.74) is 3.49. The van der Waals surface area contributed by atoms with Gasteiger partial charge in [0, 0.05) is 18.7 Å². The number of rotatable bonds is 4. The summed E-state index contributed by atoms with van der Waals surface area (Å²) in [6, 6.07) is 9.72. The van der Waals surface area contributed by atoms with Crippen molar-refractivity contribution < 1.29 is 9.53 Å². The number of aromatic amines is 1. The molecule has 1 aliphatic carbocycles. The largest absolute Gasteiger partial charge is 0.497 e. The zero-order valence-electron chi connectivity index (χ0n) is 13.1. The third-order valence-corrected chi connectivity index (χ3v) is 4.36. The minimum atomic E-state index is -0.150. The van der Waals surface area contributed by atoms with Crippen LogP contribution >= 0.6 is 0 Å². The summed E-state index contributed by atoms with van der Waals surface area (Å²) in [7, 11) is 1.68. The maximum Gasteiger partial charge on any atom is 0.252 e. The first-order chi connectivity index (χ1) is 11.2. The number of amides is 1. The lowest BCUT2D eigenvalue weighted by molar-refractivity contribution is 0.0950. The molecular weight excluding hydrogens is 290 g/mol. The van der Waals surface area contributed by atoms with Crippen molar-refractivity contribution in [2.45, 2.75) is 25.2 Å². The van der Waals surface area contributed by atoms with Crippen LogP contribution in [0.1, 0.15) is 45.9 Å². The van der Waals surface area contributed by atoms with E-state index in [-0.39, 0.29) is 5.91 Å². The molecule has 0 bridgehead atoms. The standard InChI is InChI=1S/C18H19N3O2/c1-23-16-5-6-17-12(8-16)3-2-4-13(17)10-21-18(22)14-7-15(9-19)20-11-14/h5-8,11,13,20H,2-4,10H2,1H3,(H,21,22)/t13-/m1/s1. The lowest BCUT2D eigenvalue weighted by Crippen LogP contribution is -2.29. The molecule has 1 aromatic heterocycles. The van der Waals surface area contributed by atoms with Crippen molar-refractivity contribution in [1.29, 1.82) is 5.26 Å². The number of H-pyrrole nitrogens is 1. The summed E-state index contributed by atoms with van der Waals surface area (Å²) in [5, 5.41) is 11.8. The monoisotopic (exact) mass is 309 g/mol. The Labute approximate surface area is 135 Å². The van der Waals surface area contributed by atoms with Crippen LogP contribution in [0.25, 0.3) is 0 Å². The fraction of sp³-hybridized carbons (Fsp3) is 0.333. The van der Waals surface area contributed by atoms with E-state index in [0.29, 0.717) is 23.7 Å². The Kier molecular flexibility index (Phi) is 4.33. The van der Waals surface area contributed by atoms with Gasteiger partial charge in [-0.25, -0.2) is 0 Å². The summed E-state index contributed by atoms with van der Waals surface area (Å²) in [5.74, 6) is 1.05. The Balaban J connectivity index is 1.68. The van der Waals surface area contributed by atoms with Crippen LogP contribution < -0.4 is 10.1 Å². The maximum atomic E-state index is 12.2. The zero-order chi connectivity index (χ0) is 16.2. The number of hydrogen-bond acceptors (Lipinski definition) is 3. The molecule has 1 heterocycles. The Hall–Kier alpha value is -2.74. The minimum absolute atomic E-state index is 0.150. The predicted octanol–water partition coefficient (Wildman–Crippen LogP) is 2.74. The molecule has 0 saturated heterocycles. The van der Waals surface area contributed by atoms with E-state index in [0.717, 1.165) is 25.0 Å². The van der Waals surface area contributed by atoms with Crippen molar-refractivity contribution in [3.8, 4) is 11.8 Å². The number of aromatic nitrogens is 1. The van der Waals surface area contributed by atoms with Gasteiger partial charge in [0.15, 0.2) is 0 Å². The van der Waals surface area contributed by atoms with Crippen molar-refractivity contribution in [3.63, 3.8) is 0 Å².